The molecular weight excluding hydrogens is 611 g/mol. The van der Waals surface area contributed by atoms with E-state index in [0.717, 1.165) is 77.6 Å². The highest BCUT2D eigenvalue weighted by molar-refractivity contribution is 6.09. The number of aromatic nitrogens is 2. The van der Waals surface area contributed by atoms with E-state index in [9.17, 15) is 15.8 Å². The van der Waals surface area contributed by atoms with Gasteiger partial charge in [0, 0.05) is 21.7 Å². The molecule has 0 aliphatic heterocycles. The molecule has 0 N–H and O–H groups in total. The van der Waals surface area contributed by atoms with Crippen LogP contribution in [0.5, 0.6) is 0 Å². The largest absolute Gasteiger partial charge is 0.309 e. The van der Waals surface area contributed by atoms with Crippen LogP contribution < -0.4 is 0 Å². The Labute approximate surface area is 290 Å². The van der Waals surface area contributed by atoms with Gasteiger partial charge in [0.25, 0.3) is 0 Å². The predicted octanol–water partition coefficient (Wildman–Crippen LogP) is 10.9. The van der Waals surface area contributed by atoms with Crippen LogP contribution in [0.4, 0.5) is 0 Å². The monoisotopic (exact) mass is 639 g/mol. The Morgan fingerprint density at radius 2 is 1.24 bits per heavy atom. The van der Waals surface area contributed by atoms with Crippen LogP contribution in [0.15, 0.2) is 140 Å². The van der Waals surface area contributed by atoms with E-state index < -0.39 is 0 Å². The van der Waals surface area contributed by atoms with Gasteiger partial charge in [0.1, 0.15) is 6.07 Å². The lowest BCUT2D eigenvalue weighted by Crippen LogP contribution is -2.00. The van der Waals surface area contributed by atoms with Crippen LogP contribution in [0.25, 0.3) is 72.4 Å². The number of hydrogen-bond donors (Lipinski definition) is 0. The molecule has 0 bridgehead atoms. The fourth-order valence-corrected chi connectivity index (χ4v) is 7.26. The quantitative estimate of drug-likeness (QED) is 0.181. The van der Waals surface area contributed by atoms with Crippen molar-refractivity contribution in [2.24, 2.45) is 0 Å². The van der Waals surface area contributed by atoms with E-state index in [-0.39, 0.29) is 6.42 Å². The first-order valence-corrected chi connectivity index (χ1v) is 16.4. The number of rotatable bonds is 6. The van der Waals surface area contributed by atoms with Crippen molar-refractivity contribution < 1.29 is 0 Å². The Balaban J connectivity index is 1.27. The number of para-hydroxylation sites is 3. The summed E-state index contributed by atoms with van der Waals surface area (Å²) in [6, 6.07) is 52.2. The molecule has 2 heterocycles. The van der Waals surface area contributed by atoms with Crippen molar-refractivity contribution >= 4 is 38.8 Å². The van der Waals surface area contributed by atoms with Crippen LogP contribution in [0.3, 0.4) is 0 Å². The van der Waals surface area contributed by atoms with Crippen LogP contribution in [0.2, 0.25) is 0 Å². The Morgan fingerprint density at radius 1 is 0.560 bits per heavy atom. The van der Waals surface area contributed by atoms with E-state index in [1.807, 2.05) is 67.6 Å². The van der Waals surface area contributed by atoms with Crippen molar-refractivity contribution in [3.8, 4) is 51.8 Å². The standard InChI is InChI=1S/C45H29N5/c1-2-10-41-38(23-24-46)39-25-30(28-47)19-21-45(39)50(41)42-16-6-3-13-35(42)33-12-9-11-31(26-33)32-20-22-40(34(27-32)29-48)49-43-17-7-4-14-36(43)37-15-5-8-18-44(37)49/h2-22,25-27H,23H2,1H3/b10-2-. The summed E-state index contributed by atoms with van der Waals surface area (Å²) in [5.41, 5.74) is 11.8. The smallest absolute Gasteiger partial charge is 0.101 e. The van der Waals surface area contributed by atoms with Crippen molar-refractivity contribution in [2.75, 3.05) is 0 Å². The molecule has 0 unspecified atom stereocenters. The summed E-state index contributed by atoms with van der Waals surface area (Å²) >= 11 is 0. The third-order valence-electron chi connectivity index (χ3n) is 9.41. The molecule has 0 aliphatic carbocycles. The molecule has 8 aromatic rings. The number of fused-ring (bicyclic) bond motifs is 4. The first-order valence-electron chi connectivity index (χ1n) is 16.4. The molecule has 0 radical (unpaired) electrons. The second-order valence-electron chi connectivity index (χ2n) is 12.2. The first kappa shape index (κ1) is 30.2. The van der Waals surface area contributed by atoms with E-state index in [1.54, 1.807) is 0 Å². The van der Waals surface area contributed by atoms with Gasteiger partial charge in [0.15, 0.2) is 0 Å². The van der Waals surface area contributed by atoms with Gasteiger partial charge in [0.05, 0.1) is 63.3 Å². The van der Waals surface area contributed by atoms with Gasteiger partial charge in [-0.25, -0.2) is 0 Å². The molecule has 0 saturated carbocycles. The normalized spacial score (nSPS) is 11.2. The third kappa shape index (κ3) is 4.84. The van der Waals surface area contributed by atoms with Crippen molar-refractivity contribution in [3.05, 3.63) is 162 Å². The van der Waals surface area contributed by atoms with E-state index in [0.29, 0.717) is 11.1 Å². The summed E-state index contributed by atoms with van der Waals surface area (Å²) in [6.45, 7) is 1.97. The van der Waals surface area contributed by atoms with Crippen LogP contribution in [0, 0.1) is 34.0 Å². The predicted molar refractivity (Wildman–Crippen MR) is 202 cm³/mol. The lowest BCUT2D eigenvalue weighted by atomic mass is 9.96. The molecule has 5 heteroatoms. The minimum atomic E-state index is 0.224. The van der Waals surface area contributed by atoms with Gasteiger partial charge in [0.2, 0.25) is 0 Å². The molecule has 0 amide bonds. The molecule has 6 aromatic carbocycles. The average molecular weight is 640 g/mol. The lowest BCUT2D eigenvalue weighted by Gasteiger charge is -2.16. The van der Waals surface area contributed by atoms with Gasteiger partial charge in [-0.3, -0.25) is 0 Å². The number of allylic oxidation sites excluding steroid dienone is 1. The van der Waals surface area contributed by atoms with Crippen LogP contribution >= 0.6 is 0 Å². The number of nitrogens with zero attached hydrogens (tertiary/aromatic N) is 5. The zero-order valence-corrected chi connectivity index (χ0v) is 27.3. The summed E-state index contributed by atoms with van der Waals surface area (Å²) in [4.78, 5) is 0. The van der Waals surface area contributed by atoms with E-state index in [1.165, 1.54) is 0 Å². The van der Waals surface area contributed by atoms with Gasteiger partial charge in [-0.1, -0.05) is 84.9 Å². The lowest BCUT2D eigenvalue weighted by molar-refractivity contribution is 1.09. The van der Waals surface area contributed by atoms with Gasteiger partial charge >= 0.3 is 0 Å². The van der Waals surface area contributed by atoms with Gasteiger partial charge in [-0.2, -0.15) is 15.8 Å². The topological polar surface area (TPSA) is 81.2 Å². The minimum Gasteiger partial charge on any atom is -0.309 e. The highest BCUT2D eigenvalue weighted by atomic mass is 15.0. The van der Waals surface area contributed by atoms with Crippen LogP contribution in [0.1, 0.15) is 29.3 Å². The molecule has 2 aromatic heterocycles. The Kier molecular flexibility index (Phi) is 7.54. The maximum Gasteiger partial charge on any atom is 0.101 e. The highest BCUT2D eigenvalue weighted by Gasteiger charge is 2.20. The summed E-state index contributed by atoms with van der Waals surface area (Å²) in [5, 5.41) is 33.1. The number of nitriles is 3. The molecule has 50 heavy (non-hydrogen) atoms. The summed E-state index contributed by atoms with van der Waals surface area (Å²) < 4.78 is 4.38. The van der Waals surface area contributed by atoms with E-state index in [2.05, 4.69) is 112 Å². The summed E-state index contributed by atoms with van der Waals surface area (Å²) in [7, 11) is 0. The Morgan fingerprint density at radius 3 is 1.96 bits per heavy atom. The Hall–Kier alpha value is -7.13. The summed E-state index contributed by atoms with van der Waals surface area (Å²) in [5.74, 6) is 0. The Bertz CT molecular complexity index is 2740. The van der Waals surface area contributed by atoms with Gasteiger partial charge in [-0.15, -0.1) is 0 Å². The van der Waals surface area contributed by atoms with E-state index in [4.69, 9.17) is 0 Å². The molecule has 0 fully saturated rings. The zero-order chi connectivity index (χ0) is 34.2. The van der Waals surface area contributed by atoms with Crippen LogP contribution in [-0.2, 0) is 6.42 Å². The summed E-state index contributed by atoms with van der Waals surface area (Å²) in [6.07, 6.45) is 4.24. The molecule has 0 spiro atoms. The van der Waals surface area contributed by atoms with E-state index >= 15 is 0 Å². The van der Waals surface area contributed by atoms with Crippen LogP contribution in [-0.4, -0.2) is 9.13 Å². The van der Waals surface area contributed by atoms with Gasteiger partial charge in [-0.05, 0) is 89.9 Å². The molecule has 8 rings (SSSR count). The molecule has 0 saturated heterocycles. The maximum atomic E-state index is 10.4. The average Bonchev–Trinajstić information content (AvgIpc) is 3.66. The van der Waals surface area contributed by atoms with Crippen molar-refractivity contribution in [3.63, 3.8) is 0 Å². The number of hydrogen-bond acceptors (Lipinski definition) is 3. The first-order chi connectivity index (χ1) is 24.6. The molecule has 234 valence electrons. The SMILES string of the molecule is C/C=C\c1c(CC#N)c2cc(C#N)ccc2n1-c1ccccc1-c1cccc(-c2ccc(-n3c4ccccc4c4ccccc43)c(C#N)c2)c1. The second kappa shape index (κ2) is 12.5. The molecule has 5 nitrogen and oxygen atoms in total. The minimum absolute atomic E-state index is 0.224. The fraction of sp³-hybridized carbons (Fsp3) is 0.0444. The number of benzene rings is 6. The zero-order valence-electron chi connectivity index (χ0n) is 27.3. The van der Waals surface area contributed by atoms with Crippen molar-refractivity contribution in [1.29, 1.82) is 15.8 Å². The fourth-order valence-electron chi connectivity index (χ4n) is 7.26. The van der Waals surface area contributed by atoms with Crippen molar-refractivity contribution in [2.45, 2.75) is 13.3 Å². The van der Waals surface area contributed by atoms with Gasteiger partial charge < -0.3 is 9.13 Å². The molecule has 0 aliphatic rings. The molecule has 0 atom stereocenters. The van der Waals surface area contributed by atoms with Crippen molar-refractivity contribution in [1.82, 2.24) is 9.13 Å². The third-order valence-corrected chi connectivity index (χ3v) is 9.41. The second-order valence-corrected chi connectivity index (χ2v) is 12.2. The maximum absolute atomic E-state index is 10.4. The highest BCUT2D eigenvalue weighted by Crippen LogP contribution is 2.38. The molecular formula is C45H29N5.